The second-order valence-corrected chi connectivity index (χ2v) is 12.4. The predicted octanol–water partition coefficient (Wildman–Crippen LogP) is 10.8. The average Bonchev–Trinajstić information content (AvgIpc) is 3.69. The van der Waals surface area contributed by atoms with E-state index in [0.29, 0.717) is 16.7 Å². The Morgan fingerprint density at radius 1 is 0.360 bits per heavy atom. The molecule has 0 atom stereocenters. The van der Waals surface area contributed by atoms with E-state index in [1.807, 2.05) is 54.6 Å². The fourth-order valence-corrected chi connectivity index (χ4v) is 7.34. The van der Waals surface area contributed by atoms with Crippen molar-refractivity contribution in [1.29, 1.82) is 15.8 Å². The molecule has 5 nitrogen and oxygen atoms in total. The lowest BCUT2D eigenvalue weighted by atomic mass is 9.96. The highest BCUT2D eigenvalue weighted by atomic mass is 15.0. The molecule has 7 aromatic carbocycles. The van der Waals surface area contributed by atoms with Gasteiger partial charge in [-0.05, 0) is 95.6 Å². The average molecular weight is 636 g/mol. The van der Waals surface area contributed by atoms with E-state index < -0.39 is 0 Å². The van der Waals surface area contributed by atoms with Crippen LogP contribution >= 0.6 is 0 Å². The molecule has 0 bridgehead atoms. The SMILES string of the molecule is N#Cc1ccc(-n2c3ccccc3c3ccccc32)c(-c2cccc(-c3cccc(-n4c5ccc(C#N)cc5c5ccc(C#N)cc54)c3)c2)c1. The fourth-order valence-electron chi connectivity index (χ4n) is 7.34. The normalized spacial score (nSPS) is 11.1. The van der Waals surface area contributed by atoms with Crippen LogP contribution in [0.15, 0.2) is 152 Å². The van der Waals surface area contributed by atoms with Gasteiger partial charge in [0.25, 0.3) is 0 Å². The maximum Gasteiger partial charge on any atom is 0.0992 e. The van der Waals surface area contributed by atoms with Crippen molar-refractivity contribution in [3.8, 4) is 51.8 Å². The molecule has 0 aliphatic heterocycles. The van der Waals surface area contributed by atoms with Crippen LogP contribution in [0.3, 0.4) is 0 Å². The maximum absolute atomic E-state index is 9.95. The first kappa shape index (κ1) is 28.8. The van der Waals surface area contributed by atoms with Crippen LogP contribution in [0.1, 0.15) is 16.7 Å². The first-order valence-corrected chi connectivity index (χ1v) is 16.3. The number of aromatic nitrogens is 2. The van der Waals surface area contributed by atoms with Crippen molar-refractivity contribution >= 4 is 43.6 Å². The van der Waals surface area contributed by atoms with Gasteiger partial charge < -0.3 is 9.13 Å². The molecule has 9 aromatic rings. The molecular formula is C45H25N5. The molecular weight excluding hydrogens is 611 g/mol. The van der Waals surface area contributed by atoms with Crippen molar-refractivity contribution < 1.29 is 0 Å². The Kier molecular flexibility index (Phi) is 6.56. The molecule has 0 amide bonds. The molecule has 0 saturated carbocycles. The van der Waals surface area contributed by atoms with Gasteiger partial charge >= 0.3 is 0 Å². The molecule has 5 heteroatoms. The maximum atomic E-state index is 9.95. The van der Waals surface area contributed by atoms with Crippen LogP contribution in [-0.4, -0.2) is 9.13 Å². The quantitative estimate of drug-likeness (QED) is 0.193. The Labute approximate surface area is 287 Å². The standard InChI is InChI=1S/C45H25N5/c46-26-29-16-19-43(50-41-13-3-1-11-36(41)37-12-2-4-14-42(37)50)39(21-29)34-9-5-7-32(24-34)33-8-6-10-35(25-33)49-44-20-17-30(27-47)22-40(44)38-18-15-31(28-48)23-45(38)49/h1-25H. The number of benzene rings is 7. The lowest BCUT2D eigenvalue weighted by molar-refractivity contribution is 1.18. The molecule has 0 radical (unpaired) electrons. The third-order valence-corrected chi connectivity index (χ3v) is 9.58. The van der Waals surface area contributed by atoms with Gasteiger partial charge in [0, 0.05) is 32.8 Å². The summed E-state index contributed by atoms with van der Waals surface area (Å²) in [5, 5.41) is 33.6. The summed E-state index contributed by atoms with van der Waals surface area (Å²) in [6.07, 6.45) is 0. The second kappa shape index (κ2) is 11.4. The largest absolute Gasteiger partial charge is 0.309 e. The monoisotopic (exact) mass is 635 g/mol. The number of nitriles is 3. The predicted molar refractivity (Wildman–Crippen MR) is 200 cm³/mol. The fraction of sp³-hybridized carbons (Fsp3) is 0. The molecule has 230 valence electrons. The summed E-state index contributed by atoms with van der Waals surface area (Å²) in [5.41, 5.74) is 11.8. The Balaban J connectivity index is 1.22. The van der Waals surface area contributed by atoms with Crippen LogP contribution in [0.2, 0.25) is 0 Å². The minimum atomic E-state index is 0.574. The minimum absolute atomic E-state index is 0.574. The van der Waals surface area contributed by atoms with E-state index in [9.17, 15) is 15.8 Å². The van der Waals surface area contributed by atoms with E-state index in [1.54, 1.807) is 0 Å². The summed E-state index contributed by atoms with van der Waals surface area (Å²) in [6.45, 7) is 0. The Hall–Kier alpha value is -7.39. The molecule has 0 spiro atoms. The highest BCUT2D eigenvalue weighted by molar-refractivity contribution is 6.11. The number of hydrogen-bond acceptors (Lipinski definition) is 3. The third-order valence-electron chi connectivity index (χ3n) is 9.58. The third kappa shape index (κ3) is 4.45. The van der Waals surface area contributed by atoms with E-state index in [4.69, 9.17) is 0 Å². The first-order chi connectivity index (χ1) is 24.6. The van der Waals surface area contributed by atoms with Gasteiger partial charge in [-0.2, -0.15) is 15.8 Å². The van der Waals surface area contributed by atoms with E-state index in [1.165, 1.54) is 10.8 Å². The van der Waals surface area contributed by atoms with E-state index >= 15 is 0 Å². The Morgan fingerprint density at radius 2 is 0.920 bits per heavy atom. The molecule has 0 fully saturated rings. The number of hydrogen-bond donors (Lipinski definition) is 0. The second-order valence-electron chi connectivity index (χ2n) is 12.4. The summed E-state index contributed by atoms with van der Waals surface area (Å²) in [5.74, 6) is 0. The van der Waals surface area contributed by atoms with Gasteiger partial charge in [-0.25, -0.2) is 0 Å². The van der Waals surface area contributed by atoms with Crippen molar-refractivity contribution in [2.24, 2.45) is 0 Å². The zero-order chi connectivity index (χ0) is 33.8. The van der Waals surface area contributed by atoms with Gasteiger partial charge in [0.2, 0.25) is 0 Å². The molecule has 2 heterocycles. The van der Waals surface area contributed by atoms with Crippen LogP contribution in [0.4, 0.5) is 0 Å². The topological polar surface area (TPSA) is 81.2 Å². The molecule has 0 aliphatic carbocycles. The van der Waals surface area contributed by atoms with Gasteiger partial charge in [-0.15, -0.1) is 0 Å². The molecule has 50 heavy (non-hydrogen) atoms. The van der Waals surface area contributed by atoms with Gasteiger partial charge in [0.05, 0.1) is 62.7 Å². The number of fused-ring (bicyclic) bond motifs is 6. The summed E-state index contributed by atoms with van der Waals surface area (Å²) < 4.78 is 4.46. The van der Waals surface area contributed by atoms with Gasteiger partial charge in [-0.3, -0.25) is 0 Å². The molecule has 9 rings (SSSR count). The molecule has 0 unspecified atom stereocenters. The molecule has 0 aliphatic rings. The summed E-state index contributed by atoms with van der Waals surface area (Å²) >= 11 is 0. The van der Waals surface area contributed by atoms with Crippen LogP contribution in [0.5, 0.6) is 0 Å². The first-order valence-electron chi connectivity index (χ1n) is 16.3. The summed E-state index contributed by atoms with van der Waals surface area (Å²) in [6, 6.07) is 58.0. The van der Waals surface area contributed by atoms with Crippen LogP contribution in [0.25, 0.3) is 77.2 Å². The zero-order valence-electron chi connectivity index (χ0n) is 26.7. The number of nitrogens with zero attached hydrogens (tertiary/aromatic N) is 5. The number of para-hydroxylation sites is 2. The lowest BCUT2D eigenvalue weighted by Crippen LogP contribution is -1.98. The Morgan fingerprint density at radius 3 is 1.66 bits per heavy atom. The Bertz CT molecular complexity index is 2920. The molecule has 0 N–H and O–H groups in total. The van der Waals surface area contributed by atoms with E-state index in [-0.39, 0.29) is 0 Å². The van der Waals surface area contributed by atoms with Crippen molar-refractivity contribution in [2.75, 3.05) is 0 Å². The lowest BCUT2D eigenvalue weighted by Gasteiger charge is -2.16. The van der Waals surface area contributed by atoms with Crippen LogP contribution < -0.4 is 0 Å². The number of rotatable bonds is 4. The van der Waals surface area contributed by atoms with Crippen molar-refractivity contribution in [3.63, 3.8) is 0 Å². The molecule has 0 saturated heterocycles. The summed E-state index contributed by atoms with van der Waals surface area (Å²) in [7, 11) is 0. The zero-order valence-corrected chi connectivity index (χ0v) is 26.7. The van der Waals surface area contributed by atoms with Crippen LogP contribution in [-0.2, 0) is 0 Å². The highest BCUT2D eigenvalue weighted by Crippen LogP contribution is 2.39. The summed E-state index contributed by atoms with van der Waals surface area (Å²) in [4.78, 5) is 0. The van der Waals surface area contributed by atoms with Crippen molar-refractivity contribution in [1.82, 2.24) is 9.13 Å². The highest BCUT2D eigenvalue weighted by Gasteiger charge is 2.18. The van der Waals surface area contributed by atoms with Gasteiger partial charge in [-0.1, -0.05) is 72.8 Å². The van der Waals surface area contributed by atoms with E-state index in [0.717, 1.165) is 66.5 Å². The van der Waals surface area contributed by atoms with Crippen LogP contribution in [0, 0.1) is 34.0 Å². The van der Waals surface area contributed by atoms with Crippen molar-refractivity contribution in [3.05, 3.63) is 168 Å². The molecule has 2 aromatic heterocycles. The van der Waals surface area contributed by atoms with E-state index in [2.05, 4.69) is 124 Å². The smallest absolute Gasteiger partial charge is 0.0992 e. The van der Waals surface area contributed by atoms with Crippen molar-refractivity contribution in [2.45, 2.75) is 0 Å². The van der Waals surface area contributed by atoms with Gasteiger partial charge in [0.15, 0.2) is 0 Å². The minimum Gasteiger partial charge on any atom is -0.309 e. The van der Waals surface area contributed by atoms with Gasteiger partial charge in [0.1, 0.15) is 0 Å².